The van der Waals surface area contributed by atoms with E-state index in [4.69, 9.17) is 4.74 Å². The molecule has 0 saturated carbocycles. The van der Waals surface area contributed by atoms with Gasteiger partial charge in [0.2, 0.25) is 0 Å². The van der Waals surface area contributed by atoms with Gasteiger partial charge in [0.25, 0.3) is 0 Å². The molecule has 0 aliphatic heterocycles. The second kappa shape index (κ2) is 14.2. The van der Waals surface area contributed by atoms with Crippen molar-refractivity contribution in [2.45, 2.75) is 39.5 Å². The topological polar surface area (TPSA) is 58.5 Å². The van der Waals surface area contributed by atoms with Crippen LogP contribution in [0.25, 0.3) is 0 Å². The van der Waals surface area contributed by atoms with Crippen molar-refractivity contribution in [1.82, 2.24) is 15.6 Å². The number of aromatic nitrogens is 1. The molecular weight excluding hydrogens is 411 g/mol. The molecule has 0 atom stereocenters. The number of aryl methyl sites for hydroxylation is 1. The van der Waals surface area contributed by atoms with Gasteiger partial charge in [-0.05, 0) is 33.1 Å². The molecule has 128 valence electrons. The van der Waals surface area contributed by atoms with Gasteiger partial charge in [-0.1, -0.05) is 0 Å². The Bertz CT molecular complexity index is 412. The number of guanidine groups is 1. The van der Waals surface area contributed by atoms with Gasteiger partial charge in [0.15, 0.2) is 5.96 Å². The highest BCUT2D eigenvalue weighted by atomic mass is 127. The molecule has 0 aliphatic carbocycles. The maximum atomic E-state index is 5.04. The maximum absolute atomic E-state index is 5.04. The van der Waals surface area contributed by atoms with Crippen molar-refractivity contribution in [2.75, 3.05) is 33.4 Å². The van der Waals surface area contributed by atoms with Gasteiger partial charge < -0.3 is 15.4 Å². The lowest BCUT2D eigenvalue weighted by molar-refractivity contribution is 0.192. The van der Waals surface area contributed by atoms with Crippen LogP contribution in [0.3, 0.4) is 0 Å². The zero-order valence-electron chi connectivity index (χ0n) is 13.9. The number of nitrogens with zero attached hydrogens (tertiary/aromatic N) is 2. The van der Waals surface area contributed by atoms with Gasteiger partial charge in [0.1, 0.15) is 0 Å². The Morgan fingerprint density at radius 3 is 2.77 bits per heavy atom. The molecule has 1 heterocycles. The van der Waals surface area contributed by atoms with E-state index < -0.39 is 0 Å². The summed E-state index contributed by atoms with van der Waals surface area (Å²) in [6.07, 6.45) is 4.31. The molecule has 0 aliphatic rings. The summed E-state index contributed by atoms with van der Waals surface area (Å²) in [6.45, 7) is 7.56. The van der Waals surface area contributed by atoms with E-state index in [1.54, 1.807) is 18.4 Å². The highest BCUT2D eigenvalue weighted by Gasteiger charge is 2.00. The number of halogens is 1. The average Bonchev–Trinajstić information content (AvgIpc) is 2.88. The van der Waals surface area contributed by atoms with Gasteiger partial charge in [0, 0.05) is 45.2 Å². The van der Waals surface area contributed by atoms with Crippen molar-refractivity contribution in [3.8, 4) is 0 Å². The first kappa shape index (κ1) is 21.6. The Kier molecular flexibility index (Phi) is 13.9. The van der Waals surface area contributed by atoms with E-state index in [-0.39, 0.29) is 24.0 Å². The normalized spacial score (nSPS) is 11.1. The quantitative estimate of drug-likeness (QED) is 0.254. The summed E-state index contributed by atoms with van der Waals surface area (Å²) in [5, 5.41) is 9.88. The zero-order chi connectivity index (χ0) is 15.3. The van der Waals surface area contributed by atoms with Crippen LogP contribution in [0.15, 0.2) is 10.4 Å². The second-order valence-electron chi connectivity index (χ2n) is 4.85. The van der Waals surface area contributed by atoms with Crippen LogP contribution >= 0.6 is 35.3 Å². The minimum atomic E-state index is 0. The van der Waals surface area contributed by atoms with Crippen molar-refractivity contribution in [2.24, 2.45) is 4.99 Å². The number of rotatable bonds is 10. The van der Waals surface area contributed by atoms with E-state index >= 15 is 0 Å². The van der Waals surface area contributed by atoms with Crippen LogP contribution in [0.2, 0.25) is 0 Å². The number of hydrogen-bond donors (Lipinski definition) is 2. The fraction of sp³-hybridized carbons (Fsp3) is 0.733. The van der Waals surface area contributed by atoms with Gasteiger partial charge in [-0.15, -0.1) is 35.3 Å². The van der Waals surface area contributed by atoms with Gasteiger partial charge in [0.05, 0.1) is 10.7 Å². The summed E-state index contributed by atoms with van der Waals surface area (Å²) in [5.74, 6) is 0.899. The SMILES string of the molecule is CCNC(=NCCCCCOC)NCCc1csc(C)n1.I. The molecule has 0 aromatic carbocycles. The summed E-state index contributed by atoms with van der Waals surface area (Å²) >= 11 is 1.70. The molecule has 0 fully saturated rings. The molecule has 5 nitrogen and oxygen atoms in total. The number of thiazole rings is 1. The molecule has 1 rings (SSSR count). The first-order valence-corrected chi connectivity index (χ1v) is 8.56. The van der Waals surface area contributed by atoms with E-state index in [9.17, 15) is 0 Å². The number of methoxy groups -OCH3 is 1. The molecule has 1 aromatic heterocycles. The number of aliphatic imine (C=N–C) groups is 1. The van der Waals surface area contributed by atoms with E-state index in [1.165, 1.54) is 0 Å². The third kappa shape index (κ3) is 10.3. The summed E-state index contributed by atoms with van der Waals surface area (Å²) < 4.78 is 5.04. The fourth-order valence-electron chi connectivity index (χ4n) is 1.90. The molecule has 0 spiro atoms. The highest BCUT2D eigenvalue weighted by molar-refractivity contribution is 14.0. The predicted molar refractivity (Wildman–Crippen MR) is 106 cm³/mol. The summed E-state index contributed by atoms with van der Waals surface area (Å²) in [5.41, 5.74) is 1.15. The Labute approximate surface area is 155 Å². The lowest BCUT2D eigenvalue weighted by Crippen LogP contribution is -2.38. The molecular formula is C15H29IN4OS. The Balaban J connectivity index is 0.00000441. The second-order valence-corrected chi connectivity index (χ2v) is 5.91. The van der Waals surface area contributed by atoms with E-state index in [1.807, 2.05) is 6.92 Å². The van der Waals surface area contributed by atoms with Crippen molar-refractivity contribution < 1.29 is 4.74 Å². The molecule has 7 heteroatoms. The maximum Gasteiger partial charge on any atom is 0.191 e. The van der Waals surface area contributed by atoms with Gasteiger partial charge >= 0.3 is 0 Å². The van der Waals surface area contributed by atoms with Crippen LogP contribution in [0.1, 0.15) is 36.9 Å². The minimum Gasteiger partial charge on any atom is -0.385 e. The Morgan fingerprint density at radius 1 is 1.32 bits per heavy atom. The van der Waals surface area contributed by atoms with E-state index in [0.29, 0.717) is 0 Å². The average molecular weight is 440 g/mol. The standard InChI is InChI=1S/C15H28N4OS.HI/c1-4-16-15(17-9-6-5-7-11-20-3)18-10-8-14-12-21-13(2)19-14;/h12H,4-11H2,1-3H3,(H2,16,17,18);1H. The molecule has 0 saturated heterocycles. The van der Waals surface area contributed by atoms with Crippen molar-refractivity contribution in [1.29, 1.82) is 0 Å². The number of hydrogen-bond acceptors (Lipinski definition) is 4. The minimum absolute atomic E-state index is 0. The zero-order valence-corrected chi connectivity index (χ0v) is 17.0. The number of ether oxygens (including phenoxy) is 1. The smallest absolute Gasteiger partial charge is 0.191 e. The number of unbranched alkanes of at least 4 members (excludes halogenated alkanes) is 2. The first-order valence-electron chi connectivity index (χ1n) is 7.68. The Morgan fingerprint density at radius 2 is 2.14 bits per heavy atom. The van der Waals surface area contributed by atoms with E-state index in [0.717, 1.165) is 68.6 Å². The number of nitrogens with one attached hydrogen (secondary N) is 2. The summed E-state index contributed by atoms with van der Waals surface area (Å²) in [4.78, 5) is 9.05. The van der Waals surface area contributed by atoms with Crippen LogP contribution in [-0.4, -0.2) is 44.3 Å². The molecule has 22 heavy (non-hydrogen) atoms. The summed E-state index contributed by atoms with van der Waals surface area (Å²) in [7, 11) is 1.75. The molecule has 1 aromatic rings. The molecule has 2 N–H and O–H groups in total. The van der Waals surface area contributed by atoms with Crippen molar-refractivity contribution in [3.63, 3.8) is 0 Å². The van der Waals surface area contributed by atoms with Gasteiger partial charge in [-0.3, -0.25) is 4.99 Å². The van der Waals surface area contributed by atoms with Crippen LogP contribution in [-0.2, 0) is 11.2 Å². The lowest BCUT2D eigenvalue weighted by atomic mass is 10.2. The monoisotopic (exact) mass is 440 g/mol. The lowest BCUT2D eigenvalue weighted by Gasteiger charge is -2.10. The third-order valence-corrected chi connectivity index (χ3v) is 3.78. The molecule has 0 radical (unpaired) electrons. The van der Waals surface area contributed by atoms with Crippen LogP contribution in [0.5, 0.6) is 0 Å². The summed E-state index contributed by atoms with van der Waals surface area (Å²) in [6, 6.07) is 0. The van der Waals surface area contributed by atoms with Crippen LogP contribution in [0.4, 0.5) is 0 Å². The molecule has 0 bridgehead atoms. The Hall–Kier alpha value is -0.410. The largest absolute Gasteiger partial charge is 0.385 e. The highest BCUT2D eigenvalue weighted by Crippen LogP contribution is 2.07. The van der Waals surface area contributed by atoms with Gasteiger partial charge in [-0.25, -0.2) is 4.98 Å². The van der Waals surface area contributed by atoms with Crippen LogP contribution < -0.4 is 10.6 Å². The van der Waals surface area contributed by atoms with Crippen LogP contribution in [0, 0.1) is 6.92 Å². The molecule has 0 unspecified atom stereocenters. The molecule has 0 amide bonds. The van der Waals surface area contributed by atoms with Crippen molar-refractivity contribution in [3.05, 3.63) is 16.1 Å². The van der Waals surface area contributed by atoms with Crippen molar-refractivity contribution >= 4 is 41.3 Å². The fourth-order valence-corrected chi connectivity index (χ4v) is 2.55. The third-order valence-electron chi connectivity index (χ3n) is 2.96. The first-order chi connectivity index (χ1) is 10.3. The predicted octanol–water partition coefficient (Wildman–Crippen LogP) is 2.98. The van der Waals surface area contributed by atoms with Gasteiger partial charge in [-0.2, -0.15) is 0 Å². The van der Waals surface area contributed by atoms with E-state index in [2.05, 4.69) is 32.9 Å².